The Morgan fingerprint density at radius 1 is 1.47 bits per heavy atom. The Hall–Kier alpha value is -0.970. The largest absolute Gasteiger partial charge is 0.367 e. The van der Waals surface area contributed by atoms with E-state index in [-0.39, 0.29) is 0 Å². The molecule has 2 N–H and O–H groups in total. The van der Waals surface area contributed by atoms with Gasteiger partial charge in [-0.15, -0.1) is 0 Å². The SMILES string of the molecule is CCSC1CCC(Nc2ccnc(NC)n2)C1. The molecule has 2 unspecified atom stereocenters. The van der Waals surface area contributed by atoms with Crippen LogP contribution in [0.2, 0.25) is 0 Å². The summed E-state index contributed by atoms with van der Waals surface area (Å²) >= 11 is 2.08. The average molecular weight is 252 g/mol. The summed E-state index contributed by atoms with van der Waals surface area (Å²) in [7, 11) is 1.84. The summed E-state index contributed by atoms with van der Waals surface area (Å²) in [4.78, 5) is 8.50. The van der Waals surface area contributed by atoms with E-state index in [4.69, 9.17) is 0 Å². The summed E-state index contributed by atoms with van der Waals surface area (Å²) in [5.74, 6) is 2.82. The first-order chi connectivity index (χ1) is 8.31. The number of rotatable bonds is 5. The quantitative estimate of drug-likeness (QED) is 0.843. The van der Waals surface area contributed by atoms with Crippen molar-refractivity contribution in [1.82, 2.24) is 9.97 Å². The Labute approximate surface area is 107 Å². The van der Waals surface area contributed by atoms with Gasteiger partial charge < -0.3 is 10.6 Å². The average Bonchev–Trinajstić information content (AvgIpc) is 2.77. The Kier molecular flexibility index (Phi) is 4.48. The van der Waals surface area contributed by atoms with Gasteiger partial charge in [0.1, 0.15) is 5.82 Å². The molecule has 94 valence electrons. The summed E-state index contributed by atoms with van der Waals surface area (Å²) in [5, 5.41) is 7.28. The monoisotopic (exact) mass is 252 g/mol. The number of thioether (sulfide) groups is 1. The second kappa shape index (κ2) is 6.10. The Bertz CT molecular complexity index is 358. The van der Waals surface area contributed by atoms with E-state index >= 15 is 0 Å². The zero-order valence-electron chi connectivity index (χ0n) is 10.4. The maximum atomic E-state index is 4.39. The minimum Gasteiger partial charge on any atom is -0.367 e. The highest BCUT2D eigenvalue weighted by molar-refractivity contribution is 7.99. The van der Waals surface area contributed by atoms with E-state index in [1.807, 2.05) is 13.1 Å². The first kappa shape index (κ1) is 12.5. The maximum absolute atomic E-state index is 4.39. The van der Waals surface area contributed by atoms with Crippen LogP contribution in [-0.4, -0.2) is 34.1 Å². The second-order valence-corrected chi connectivity index (χ2v) is 5.82. The van der Waals surface area contributed by atoms with Gasteiger partial charge in [0.25, 0.3) is 0 Å². The lowest BCUT2D eigenvalue weighted by molar-refractivity contribution is 0.751. The summed E-state index contributed by atoms with van der Waals surface area (Å²) in [6, 6.07) is 2.50. The fourth-order valence-electron chi connectivity index (χ4n) is 2.23. The second-order valence-electron chi connectivity index (χ2n) is 4.25. The molecule has 1 aromatic rings. The van der Waals surface area contributed by atoms with Crippen LogP contribution in [0.4, 0.5) is 11.8 Å². The predicted molar refractivity (Wildman–Crippen MR) is 74.8 cm³/mol. The molecule has 0 aromatic carbocycles. The molecule has 17 heavy (non-hydrogen) atoms. The minimum absolute atomic E-state index is 0.568. The lowest BCUT2D eigenvalue weighted by atomic mass is 10.2. The lowest BCUT2D eigenvalue weighted by Gasteiger charge is -2.14. The van der Waals surface area contributed by atoms with Gasteiger partial charge >= 0.3 is 0 Å². The molecule has 4 nitrogen and oxygen atoms in total. The molecule has 1 aliphatic rings. The van der Waals surface area contributed by atoms with Gasteiger partial charge in [0, 0.05) is 24.5 Å². The van der Waals surface area contributed by atoms with Crippen molar-refractivity contribution in [3.05, 3.63) is 12.3 Å². The molecule has 1 saturated carbocycles. The fraction of sp³-hybridized carbons (Fsp3) is 0.667. The molecule has 0 aliphatic heterocycles. The topological polar surface area (TPSA) is 49.8 Å². The molecule has 0 spiro atoms. The third-order valence-electron chi connectivity index (χ3n) is 3.02. The van der Waals surface area contributed by atoms with Crippen molar-refractivity contribution >= 4 is 23.5 Å². The Balaban J connectivity index is 1.88. The number of anilines is 2. The molecule has 0 saturated heterocycles. The third kappa shape index (κ3) is 3.49. The highest BCUT2D eigenvalue weighted by Crippen LogP contribution is 2.31. The molecule has 1 heterocycles. The van der Waals surface area contributed by atoms with Crippen LogP contribution in [0.5, 0.6) is 0 Å². The van der Waals surface area contributed by atoms with Gasteiger partial charge in [0.2, 0.25) is 5.95 Å². The van der Waals surface area contributed by atoms with Crippen molar-refractivity contribution in [2.75, 3.05) is 23.4 Å². The van der Waals surface area contributed by atoms with Gasteiger partial charge in [-0.1, -0.05) is 6.92 Å². The molecule has 1 aromatic heterocycles. The minimum atomic E-state index is 0.568. The third-order valence-corrected chi connectivity index (χ3v) is 4.25. The zero-order valence-corrected chi connectivity index (χ0v) is 11.3. The van der Waals surface area contributed by atoms with Crippen LogP contribution in [0.3, 0.4) is 0 Å². The van der Waals surface area contributed by atoms with Crippen LogP contribution in [0, 0.1) is 0 Å². The van der Waals surface area contributed by atoms with Crippen molar-refractivity contribution < 1.29 is 0 Å². The normalized spacial score (nSPS) is 23.6. The lowest BCUT2D eigenvalue weighted by Crippen LogP contribution is -2.17. The summed E-state index contributed by atoms with van der Waals surface area (Å²) in [6.45, 7) is 2.23. The van der Waals surface area contributed by atoms with Crippen LogP contribution >= 0.6 is 11.8 Å². The highest BCUT2D eigenvalue weighted by atomic mass is 32.2. The van der Waals surface area contributed by atoms with Gasteiger partial charge in [-0.05, 0) is 31.1 Å². The van der Waals surface area contributed by atoms with E-state index in [1.165, 1.54) is 25.0 Å². The van der Waals surface area contributed by atoms with Crippen LogP contribution in [0.25, 0.3) is 0 Å². The van der Waals surface area contributed by atoms with Gasteiger partial charge in [0.05, 0.1) is 0 Å². The molecule has 5 heteroatoms. The van der Waals surface area contributed by atoms with E-state index in [0.717, 1.165) is 11.1 Å². The molecule has 2 rings (SSSR count). The van der Waals surface area contributed by atoms with Gasteiger partial charge in [0.15, 0.2) is 0 Å². The maximum Gasteiger partial charge on any atom is 0.224 e. The molecular weight excluding hydrogens is 232 g/mol. The van der Waals surface area contributed by atoms with E-state index in [9.17, 15) is 0 Å². The standard InChI is InChI=1S/C12H20N4S/c1-3-17-10-5-4-9(8-10)15-11-6-7-14-12(13-2)16-11/h6-7,9-10H,3-5,8H2,1-2H3,(H2,13,14,15,16). The smallest absolute Gasteiger partial charge is 0.224 e. The molecule has 0 radical (unpaired) electrons. The van der Waals surface area contributed by atoms with E-state index in [2.05, 4.69) is 39.3 Å². The van der Waals surface area contributed by atoms with Crippen molar-refractivity contribution in [3.8, 4) is 0 Å². The van der Waals surface area contributed by atoms with Crippen LogP contribution in [0.15, 0.2) is 12.3 Å². The van der Waals surface area contributed by atoms with E-state index < -0.39 is 0 Å². The van der Waals surface area contributed by atoms with Crippen LogP contribution < -0.4 is 10.6 Å². The fourth-order valence-corrected chi connectivity index (χ4v) is 3.37. The molecule has 2 atom stereocenters. The molecular formula is C12H20N4S. The predicted octanol–water partition coefficient (Wildman–Crippen LogP) is 2.60. The Morgan fingerprint density at radius 2 is 2.35 bits per heavy atom. The highest BCUT2D eigenvalue weighted by Gasteiger charge is 2.24. The van der Waals surface area contributed by atoms with Crippen LogP contribution in [0.1, 0.15) is 26.2 Å². The summed E-state index contributed by atoms with van der Waals surface area (Å²) < 4.78 is 0. The van der Waals surface area contributed by atoms with Gasteiger partial charge in [-0.25, -0.2) is 4.98 Å². The number of nitrogens with one attached hydrogen (secondary N) is 2. The molecule has 0 bridgehead atoms. The van der Waals surface area contributed by atoms with E-state index in [0.29, 0.717) is 12.0 Å². The molecule has 1 fully saturated rings. The van der Waals surface area contributed by atoms with E-state index in [1.54, 1.807) is 6.20 Å². The summed E-state index contributed by atoms with van der Waals surface area (Å²) in [5.41, 5.74) is 0. The van der Waals surface area contributed by atoms with Gasteiger partial charge in [-0.2, -0.15) is 16.7 Å². The van der Waals surface area contributed by atoms with Crippen molar-refractivity contribution in [1.29, 1.82) is 0 Å². The first-order valence-corrected chi connectivity index (χ1v) is 7.25. The number of hydrogen-bond donors (Lipinski definition) is 2. The van der Waals surface area contributed by atoms with Crippen molar-refractivity contribution in [3.63, 3.8) is 0 Å². The molecule has 1 aliphatic carbocycles. The number of hydrogen-bond acceptors (Lipinski definition) is 5. The number of aromatic nitrogens is 2. The van der Waals surface area contributed by atoms with Gasteiger partial charge in [-0.3, -0.25) is 0 Å². The zero-order chi connectivity index (χ0) is 12.1. The van der Waals surface area contributed by atoms with Crippen molar-refractivity contribution in [2.24, 2.45) is 0 Å². The number of nitrogens with zero attached hydrogens (tertiary/aromatic N) is 2. The Morgan fingerprint density at radius 3 is 3.12 bits per heavy atom. The first-order valence-electron chi connectivity index (χ1n) is 6.20. The van der Waals surface area contributed by atoms with Crippen molar-refractivity contribution in [2.45, 2.75) is 37.5 Å². The molecule has 0 amide bonds. The summed E-state index contributed by atoms with van der Waals surface area (Å²) in [6.07, 6.45) is 5.60. The van der Waals surface area contributed by atoms with Crippen LogP contribution in [-0.2, 0) is 0 Å².